The van der Waals surface area contributed by atoms with E-state index in [1.54, 1.807) is 7.05 Å². The molecule has 10 nitrogen and oxygen atoms in total. The number of esters is 1. The number of carbonyl (C=O) groups excluding carboxylic acids is 2. The van der Waals surface area contributed by atoms with Crippen LogP contribution in [0.15, 0.2) is 9.59 Å². The fourth-order valence-corrected chi connectivity index (χ4v) is 8.21. The number of hydrogen-bond acceptors (Lipinski definition) is 10. The summed E-state index contributed by atoms with van der Waals surface area (Å²) < 4.78 is 16.9. The first-order chi connectivity index (χ1) is 29.8. The van der Waals surface area contributed by atoms with Gasteiger partial charge in [-0.1, -0.05) is 163 Å². The van der Waals surface area contributed by atoms with Crippen molar-refractivity contribution >= 4 is 23.5 Å². The number of ether oxygens (including phenoxy) is 3. The second-order valence-electron chi connectivity index (χ2n) is 17.8. The Morgan fingerprint density at radius 3 is 1.59 bits per heavy atom. The van der Waals surface area contributed by atoms with Gasteiger partial charge < -0.3 is 29.7 Å². The van der Waals surface area contributed by atoms with Crippen LogP contribution in [0.3, 0.4) is 0 Å². The van der Waals surface area contributed by atoms with Gasteiger partial charge in [0.25, 0.3) is 10.9 Å². The third kappa shape index (κ3) is 30.2. The van der Waals surface area contributed by atoms with E-state index in [1.807, 2.05) is 0 Å². The van der Waals surface area contributed by atoms with Crippen LogP contribution < -0.4 is 21.5 Å². The average Bonchev–Trinajstić information content (AvgIpc) is 3.26. The predicted molar refractivity (Wildman–Crippen MR) is 257 cm³/mol. The van der Waals surface area contributed by atoms with Gasteiger partial charge in [-0.25, -0.2) is 4.79 Å². The Morgan fingerprint density at radius 1 is 0.541 bits per heavy atom. The maximum absolute atomic E-state index is 12.9. The van der Waals surface area contributed by atoms with Crippen LogP contribution in [0.4, 0.5) is 16.2 Å². The van der Waals surface area contributed by atoms with Crippen molar-refractivity contribution in [1.29, 1.82) is 0 Å². The van der Waals surface area contributed by atoms with Crippen LogP contribution in [0.5, 0.6) is 0 Å². The zero-order chi connectivity index (χ0) is 44.6. The van der Waals surface area contributed by atoms with Crippen molar-refractivity contribution in [1.82, 2.24) is 4.90 Å². The van der Waals surface area contributed by atoms with E-state index in [0.717, 1.165) is 122 Å². The highest BCUT2D eigenvalue weighted by Crippen LogP contribution is 2.19. The molecule has 1 atom stereocenters. The van der Waals surface area contributed by atoms with Crippen molar-refractivity contribution in [2.24, 2.45) is 5.92 Å². The summed E-state index contributed by atoms with van der Waals surface area (Å²) in [5, 5.41) is 6.01. The summed E-state index contributed by atoms with van der Waals surface area (Å²) in [4.78, 5) is 51.4. The molecule has 1 aromatic rings. The fourth-order valence-electron chi connectivity index (χ4n) is 8.21. The lowest BCUT2D eigenvalue weighted by atomic mass is 10.00. The van der Waals surface area contributed by atoms with Gasteiger partial charge in [0.2, 0.25) is 0 Å². The monoisotopic (exact) mass is 862 g/mol. The molecule has 1 rings (SSSR count). The molecule has 0 aliphatic carbocycles. The Balaban J connectivity index is 2.45. The van der Waals surface area contributed by atoms with Crippen molar-refractivity contribution in [3.05, 3.63) is 20.4 Å². The lowest BCUT2D eigenvalue weighted by molar-refractivity contribution is -0.150. The molecule has 1 unspecified atom stereocenters. The van der Waals surface area contributed by atoms with Crippen LogP contribution in [0.2, 0.25) is 0 Å². The average molecular weight is 862 g/mol. The summed E-state index contributed by atoms with van der Waals surface area (Å²) >= 11 is 0. The summed E-state index contributed by atoms with van der Waals surface area (Å²) in [6, 6.07) is 0. The number of rotatable bonds is 45. The molecule has 0 aliphatic rings. The van der Waals surface area contributed by atoms with Gasteiger partial charge in [0.15, 0.2) is 0 Å². The molecular formula is C51H95N3O7. The van der Waals surface area contributed by atoms with Gasteiger partial charge in [-0.15, -0.1) is 0 Å². The van der Waals surface area contributed by atoms with Gasteiger partial charge in [-0.2, -0.15) is 0 Å². The topological polar surface area (TPSA) is 123 Å². The standard InChI is InChI=1S/C51H95N3O7/c1-6-10-13-16-19-25-32-42-59-51(58)60-43-44(9-4)34-29-31-40-54(41-33-38-53-48-47(52-5)49(56)50(48)57)39-30-24-20-23-28-37-46(55)61-45(35-26-21-17-14-11-7-2)36-27-22-18-15-12-8-3/h44-45,52-53H,6-43H2,1-5H3. The minimum Gasteiger partial charge on any atom is -0.462 e. The summed E-state index contributed by atoms with van der Waals surface area (Å²) in [6.45, 7) is 13.3. The van der Waals surface area contributed by atoms with E-state index >= 15 is 0 Å². The van der Waals surface area contributed by atoms with Crippen LogP contribution in [0.25, 0.3) is 0 Å². The summed E-state index contributed by atoms with van der Waals surface area (Å²) in [7, 11) is 1.67. The highest BCUT2D eigenvalue weighted by molar-refractivity contribution is 5.73. The van der Waals surface area contributed by atoms with E-state index in [4.69, 9.17) is 14.2 Å². The van der Waals surface area contributed by atoms with E-state index in [1.165, 1.54) is 96.3 Å². The predicted octanol–water partition coefficient (Wildman–Crippen LogP) is 13.3. The molecular weight excluding hydrogens is 767 g/mol. The highest BCUT2D eigenvalue weighted by atomic mass is 16.7. The maximum atomic E-state index is 12.9. The highest BCUT2D eigenvalue weighted by Gasteiger charge is 2.19. The first-order valence-corrected chi connectivity index (χ1v) is 25.8. The lowest BCUT2D eigenvalue weighted by Gasteiger charge is -2.23. The van der Waals surface area contributed by atoms with Gasteiger partial charge in [-0.05, 0) is 89.8 Å². The Morgan fingerprint density at radius 2 is 1.02 bits per heavy atom. The molecule has 0 fully saturated rings. The molecule has 0 aliphatic heterocycles. The first-order valence-electron chi connectivity index (χ1n) is 25.8. The molecule has 0 saturated heterocycles. The number of anilines is 2. The molecule has 0 bridgehead atoms. The van der Waals surface area contributed by atoms with E-state index in [-0.39, 0.29) is 12.1 Å². The van der Waals surface area contributed by atoms with E-state index in [2.05, 4.69) is 43.2 Å². The molecule has 61 heavy (non-hydrogen) atoms. The van der Waals surface area contributed by atoms with Crippen LogP contribution in [-0.2, 0) is 19.0 Å². The molecule has 0 aromatic heterocycles. The van der Waals surface area contributed by atoms with Crippen LogP contribution >= 0.6 is 0 Å². The van der Waals surface area contributed by atoms with Crippen molar-refractivity contribution in [3.63, 3.8) is 0 Å². The van der Waals surface area contributed by atoms with Crippen LogP contribution in [-0.4, -0.2) is 69.6 Å². The number of carbonyl (C=O) groups is 2. The van der Waals surface area contributed by atoms with Gasteiger partial charge in [0.05, 0.1) is 13.2 Å². The Labute approximate surface area is 373 Å². The zero-order valence-electron chi connectivity index (χ0n) is 40.3. The second kappa shape index (κ2) is 40.2. The molecule has 0 saturated carbocycles. The molecule has 0 spiro atoms. The molecule has 0 amide bonds. The van der Waals surface area contributed by atoms with E-state index < -0.39 is 17.0 Å². The Hall–Kier alpha value is -2.62. The van der Waals surface area contributed by atoms with Gasteiger partial charge in [-0.3, -0.25) is 14.4 Å². The molecule has 0 radical (unpaired) electrons. The van der Waals surface area contributed by atoms with Gasteiger partial charge in [0.1, 0.15) is 17.5 Å². The minimum absolute atomic E-state index is 0.0112. The van der Waals surface area contributed by atoms with Crippen molar-refractivity contribution in [2.45, 2.75) is 239 Å². The molecule has 0 heterocycles. The number of nitrogens with one attached hydrogen (secondary N) is 2. The number of nitrogens with zero attached hydrogens (tertiary/aromatic N) is 1. The smallest absolute Gasteiger partial charge is 0.462 e. The third-order valence-electron chi connectivity index (χ3n) is 12.3. The number of unbranched alkanes of at least 4 members (excludes halogenated alkanes) is 21. The normalized spacial score (nSPS) is 12.0. The van der Waals surface area contributed by atoms with E-state index in [0.29, 0.717) is 43.5 Å². The summed E-state index contributed by atoms with van der Waals surface area (Å²) in [5.41, 5.74) is -0.0990. The maximum Gasteiger partial charge on any atom is 0.508 e. The van der Waals surface area contributed by atoms with Crippen LogP contribution in [0.1, 0.15) is 233 Å². The van der Waals surface area contributed by atoms with Gasteiger partial charge >= 0.3 is 12.1 Å². The van der Waals surface area contributed by atoms with Gasteiger partial charge in [0, 0.05) is 20.0 Å². The fraction of sp³-hybridized carbons (Fsp3) is 0.882. The van der Waals surface area contributed by atoms with Crippen molar-refractivity contribution in [2.75, 3.05) is 57.1 Å². The largest absolute Gasteiger partial charge is 0.508 e. The van der Waals surface area contributed by atoms with Crippen molar-refractivity contribution in [3.8, 4) is 0 Å². The lowest BCUT2D eigenvalue weighted by Crippen LogP contribution is -2.37. The Bertz CT molecular complexity index is 1230. The molecule has 356 valence electrons. The number of hydrogen-bond donors (Lipinski definition) is 2. The van der Waals surface area contributed by atoms with Crippen molar-refractivity contribution < 1.29 is 23.8 Å². The molecule has 10 heteroatoms. The molecule has 2 N–H and O–H groups in total. The van der Waals surface area contributed by atoms with E-state index in [9.17, 15) is 19.2 Å². The minimum atomic E-state index is -0.541. The Kier molecular flexibility index (Phi) is 37.1. The third-order valence-corrected chi connectivity index (χ3v) is 12.3. The second-order valence-corrected chi connectivity index (χ2v) is 17.8. The zero-order valence-corrected chi connectivity index (χ0v) is 40.3. The summed E-state index contributed by atoms with van der Waals surface area (Å²) in [6.07, 6.45) is 35.8. The van der Waals surface area contributed by atoms with Crippen LogP contribution in [0, 0.1) is 5.92 Å². The first kappa shape index (κ1) is 56.4. The quantitative estimate of drug-likeness (QED) is 0.0372. The summed E-state index contributed by atoms with van der Waals surface area (Å²) in [5.74, 6) is 0.313. The molecule has 1 aromatic carbocycles. The SMILES string of the molecule is CCCCCCCCCOC(=O)OCC(CC)CCCCN(CCCCCCCC(=O)OC(CCCCCCCC)CCCCCCCC)CCCNc1c(NC)c(=O)c1=O.